The van der Waals surface area contributed by atoms with E-state index >= 15 is 0 Å². The van der Waals surface area contributed by atoms with Crippen molar-refractivity contribution in [1.29, 1.82) is 0 Å². The Balaban J connectivity index is 0.000000791. The molecule has 0 aliphatic rings. The fourth-order valence-corrected chi connectivity index (χ4v) is 22.1. The summed E-state index contributed by atoms with van der Waals surface area (Å²) in [4.78, 5) is 34.2. The second-order valence-corrected chi connectivity index (χ2v) is 69.8. The summed E-state index contributed by atoms with van der Waals surface area (Å²) in [5.41, 5.74) is 6.24. The molecule has 8 aromatic carbocycles. The first kappa shape index (κ1) is 121. The van der Waals surface area contributed by atoms with Crippen LogP contribution in [0.2, 0.25) is 198 Å². The van der Waals surface area contributed by atoms with Gasteiger partial charge in [-0.25, -0.2) is 0 Å². The minimum atomic E-state index is -2.04. The van der Waals surface area contributed by atoms with Crippen LogP contribution in [-0.2, 0) is 52.9 Å². The van der Waals surface area contributed by atoms with Gasteiger partial charge in [0.1, 0.15) is 12.3 Å². The number of hydrogen-bond acceptors (Lipinski definition) is 4. The summed E-state index contributed by atoms with van der Waals surface area (Å²) < 4.78 is 9.67. The van der Waals surface area contributed by atoms with E-state index in [9.17, 15) is 0 Å². The Kier molecular flexibility index (Phi) is 57.7. The molecule has 0 unspecified atom stereocenters. The molecule has 0 N–H and O–H groups in total. The molecule has 0 fully saturated rings. The molecule has 0 heterocycles. The second kappa shape index (κ2) is 58.2. The van der Waals surface area contributed by atoms with Crippen LogP contribution in [0.5, 0.6) is 0 Å². The van der Waals surface area contributed by atoms with Gasteiger partial charge in [0.05, 0.1) is 0 Å². The van der Waals surface area contributed by atoms with Gasteiger partial charge in [-0.3, -0.25) is 0 Å². The summed E-state index contributed by atoms with van der Waals surface area (Å²) in [5, 5.41) is 7.31. The van der Waals surface area contributed by atoms with Gasteiger partial charge in [0.25, 0.3) is 0 Å². The molecule has 0 amide bonds. The summed E-state index contributed by atoms with van der Waals surface area (Å²) in [5.74, 6) is 0. The van der Waals surface area contributed by atoms with Crippen molar-refractivity contribution in [1.82, 2.24) is 9.80 Å². The molecule has 0 spiro atoms. The molecule has 8 rings (SSSR count). The van der Waals surface area contributed by atoms with Crippen LogP contribution in [-0.4, -0.2) is 176 Å². The van der Waals surface area contributed by atoms with Crippen LogP contribution in [0.3, 0.4) is 0 Å². The first-order valence-corrected chi connectivity index (χ1v) is 67.0. The molecular weight excluding hydrogens is 2030 g/mol. The number of rotatable bonds is 36. The van der Waals surface area contributed by atoms with Crippen molar-refractivity contribution in [2.45, 2.75) is 146 Å². The third-order valence-electron chi connectivity index (χ3n) is 17.9. The van der Waals surface area contributed by atoms with Crippen molar-refractivity contribution < 1.29 is 52.9 Å². The second-order valence-electron chi connectivity index (χ2n) is 34.9. The number of hydrogen-bond donors (Lipinski definition) is 0. The van der Waals surface area contributed by atoms with Crippen molar-refractivity contribution in [3.05, 3.63) is 256 Å². The Morgan fingerprint density at radius 1 is 0.205 bits per heavy atom. The van der Waals surface area contributed by atoms with E-state index in [1.165, 1.54) is 0 Å². The predicted octanol–water partition coefficient (Wildman–Crippen LogP) is 28.5. The standard InChI is InChI=1S/2C24H12BCl8.2C15H39N4Si3.2C4H10O.2Ti/c2*26-17-1-13(2-18(27)9-17)25(14-3-19(28)10-20(29)4-14,15-5-21(30)11-22(31)6-15)16-7-23(32)12-24(33)8-16;2*1-20(2,3)16-10-13-19(14-11-17-21(4,5)6)15-12-18-22(7,8)9;2*1-3-5-4-2;;/h2*1-12H;2*10-15H2,1-9H3;2*3-4H2,1-2H3;;/q2*-1;2*-3;;;2*+4. The Hall–Kier alpha value is 0.860. The molecule has 0 saturated heterocycles. The first-order chi connectivity index (χ1) is 55.5. The molecule has 0 aromatic heterocycles. The van der Waals surface area contributed by atoms with Gasteiger partial charge >= 0.3 is 43.4 Å². The number of benzene rings is 8. The molecule has 122 heavy (non-hydrogen) atoms. The molecule has 36 heteroatoms. The van der Waals surface area contributed by atoms with Crippen molar-refractivity contribution in [3.63, 3.8) is 0 Å². The van der Waals surface area contributed by atoms with E-state index in [4.69, 9.17) is 225 Å². The van der Waals surface area contributed by atoms with Gasteiger partial charge in [-0.05, 0) is 115 Å². The molecule has 10 nitrogen and oxygen atoms in total. The van der Waals surface area contributed by atoms with Gasteiger partial charge < -0.3 is 49.2 Å². The van der Waals surface area contributed by atoms with E-state index in [0.29, 0.717) is 80.4 Å². The van der Waals surface area contributed by atoms with Gasteiger partial charge in [-0.1, -0.05) is 450 Å². The van der Waals surface area contributed by atoms with Crippen LogP contribution in [0.25, 0.3) is 29.9 Å². The zero-order valence-electron chi connectivity index (χ0n) is 74.8. The van der Waals surface area contributed by atoms with Crippen molar-refractivity contribution in [2.75, 3.05) is 105 Å². The van der Waals surface area contributed by atoms with E-state index in [2.05, 4.69) is 128 Å². The maximum atomic E-state index is 6.48. The first-order valence-electron chi connectivity index (χ1n) is 40.3. The molecule has 0 aliphatic heterocycles. The maximum absolute atomic E-state index is 6.48. The van der Waals surface area contributed by atoms with Gasteiger partial charge in [0.2, 0.25) is 0 Å². The summed E-state index contributed by atoms with van der Waals surface area (Å²) in [6.07, 6.45) is -4.09. The quantitative estimate of drug-likeness (QED) is 0.0364. The predicted molar refractivity (Wildman–Crippen MR) is 567 cm³/mol. The van der Waals surface area contributed by atoms with Crippen LogP contribution in [0.15, 0.2) is 146 Å². The number of nitrogens with zero attached hydrogens (tertiary/aromatic N) is 8. The average molecular weight is 2150 g/mol. The van der Waals surface area contributed by atoms with Gasteiger partial charge in [0.15, 0.2) is 0 Å². The molecular formula is C86H122B2Cl16N8O2Si6Ti2. The SMILES string of the molecule is CCOCC.CCOCC.C[Si](C)(C)[N-]CCN(CC[N-][Si](C)(C)C)CC[N-][Si](C)(C)C.C[Si](C)(C)[N-]CCN(CC[N-][Si](C)(C)C)CC[N-][Si](C)(C)C.Clc1cc(Cl)cc([B-](c2cc(Cl)cc(Cl)c2)(c2cc(Cl)cc(Cl)c2)c2cc(Cl)cc(Cl)c2)c1.Clc1cc(Cl)cc([B-](c2cc(Cl)cc(Cl)c2)(c2cc(Cl)cc(Cl)c2)c2cc(Cl)cc(Cl)c2)c1.[Ti+4].[Ti+4]. The van der Waals surface area contributed by atoms with Crippen LogP contribution < -0.4 is 43.7 Å². The Bertz CT molecular complexity index is 3500. The zero-order chi connectivity index (χ0) is 91.0. The van der Waals surface area contributed by atoms with Crippen molar-refractivity contribution >= 4 is 291 Å². The Labute approximate surface area is 850 Å². The van der Waals surface area contributed by atoms with E-state index in [0.717, 1.165) is 149 Å². The zero-order valence-corrected chi connectivity index (χ0v) is 96.0. The van der Waals surface area contributed by atoms with E-state index in [1.807, 2.05) is 125 Å². The van der Waals surface area contributed by atoms with Gasteiger partial charge in [-0.15, -0.1) is 39.3 Å². The van der Waals surface area contributed by atoms with Crippen LogP contribution in [0, 0.1) is 0 Å². The summed E-state index contributed by atoms with van der Waals surface area (Å²) in [7, 11) is -7.69. The summed E-state index contributed by atoms with van der Waals surface area (Å²) in [6, 6.07) is 42.7. The fraction of sp³-hybridized carbons (Fsp3) is 0.442. The van der Waals surface area contributed by atoms with E-state index in [1.54, 1.807) is 48.5 Å². The molecule has 668 valence electrons. The van der Waals surface area contributed by atoms with Gasteiger partial charge in [-0.2, -0.15) is 43.7 Å². The Morgan fingerprint density at radius 3 is 0.377 bits per heavy atom. The van der Waals surface area contributed by atoms with Crippen molar-refractivity contribution in [2.24, 2.45) is 0 Å². The van der Waals surface area contributed by atoms with E-state index < -0.39 is 61.7 Å². The van der Waals surface area contributed by atoms with Crippen LogP contribution in [0.1, 0.15) is 27.7 Å². The maximum Gasteiger partial charge on any atom is 4.00 e. The monoisotopic (exact) mass is 2140 g/mol. The van der Waals surface area contributed by atoms with Gasteiger partial charge in [0, 0.05) is 107 Å². The van der Waals surface area contributed by atoms with Crippen LogP contribution >= 0.6 is 186 Å². The average Bonchev–Trinajstić information content (AvgIpc) is 0.729. The molecule has 8 aromatic rings. The summed E-state index contributed by atoms with van der Waals surface area (Å²) in [6.45, 7) is 65.0. The Morgan fingerprint density at radius 2 is 0.303 bits per heavy atom. The topological polar surface area (TPSA) is 110 Å². The molecule has 0 bridgehead atoms. The minimum absolute atomic E-state index is 0. The van der Waals surface area contributed by atoms with Crippen LogP contribution in [0.4, 0.5) is 0 Å². The minimum Gasteiger partial charge on any atom is -0.664 e. The molecule has 0 radical (unpaired) electrons. The van der Waals surface area contributed by atoms with E-state index in [-0.39, 0.29) is 43.4 Å². The molecule has 0 aliphatic carbocycles. The molecule has 0 saturated carbocycles. The largest absolute Gasteiger partial charge is 4.00 e. The third kappa shape index (κ3) is 47.7. The normalized spacial score (nSPS) is 12.0. The summed E-state index contributed by atoms with van der Waals surface area (Å²) >= 11 is 104. The fourth-order valence-electron chi connectivity index (χ4n) is 13.2. The third-order valence-corrected chi connectivity index (χ3v) is 28.4. The number of halogens is 16. The smallest absolute Gasteiger partial charge is 0.664 e. The van der Waals surface area contributed by atoms with Crippen molar-refractivity contribution in [3.8, 4) is 0 Å². The number of ether oxygens (including phenoxy) is 2. The molecule has 0 atom stereocenters.